The molecule has 0 spiro atoms. The van der Waals surface area contributed by atoms with Gasteiger partial charge in [0, 0.05) is 38.9 Å². The second kappa shape index (κ2) is 11.6. The number of thiophene rings is 1. The van der Waals surface area contributed by atoms with Gasteiger partial charge in [-0.3, -0.25) is 14.4 Å². The highest BCUT2D eigenvalue weighted by atomic mass is 32.1. The third-order valence-electron chi connectivity index (χ3n) is 5.46. The fourth-order valence-corrected chi connectivity index (χ4v) is 4.43. The lowest BCUT2D eigenvalue weighted by molar-refractivity contribution is -0.124. The van der Waals surface area contributed by atoms with E-state index < -0.39 is 6.04 Å². The summed E-state index contributed by atoms with van der Waals surface area (Å²) in [6.07, 6.45) is 2.01. The van der Waals surface area contributed by atoms with Gasteiger partial charge in [0.1, 0.15) is 6.04 Å². The topological polar surface area (TPSA) is 87.7 Å². The summed E-state index contributed by atoms with van der Waals surface area (Å²) in [4.78, 5) is 40.8. The number of nitrogens with one attached hydrogen (secondary N) is 2. The zero-order valence-electron chi connectivity index (χ0n) is 17.7. The van der Waals surface area contributed by atoms with Crippen LogP contribution in [0.1, 0.15) is 39.3 Å². The van der Waals surface area contributed by atoms with Crippen molar-refractivity contribution in [2.45, 2.75) is 25.3 Å². The van der Waals surface area contributed by atoms with E-state index in [9.17, 15) is 14.4 Å². The maximum absolute atomic E-state index is 12.9. The van der Waals surface area contributed by atoms with Crippen LogP contribution in [0.4, 0.5) is 0 Å². The average Bonchev–Trinajstić information content (AvgIpc) is 3.35. The molecule has 2 heterocycles. The van der Waals surface area contributed by atoms with Crippen molar-refractivity contribution in [1.29, 1.82) is 0 Å². The first-order valence-corrected chi connectivity index (χ1v) is 11.4. The smallest absolute Gasteiger partial charge is 0.263 e. The van der Waals surface area contributed by atoms with Gasteiger partial charge in [0.05, 0.1) is 4.88 Å². The Hall–Kier alpha value is -2.71. The Labute approximate surface area is 186 Å². The number of hydrogen-bond donors (Lipinski definition) is 2. The highest BCUT2D eigenvalue weighted by Gasteiger charge is 2.34. The van der Waals surface area contributed by atoms with Crippen LogP contribution in [0, 0.1) is 5.92 Å². The van der Waals surface area contributed by atoms with Crippen LogP contribution >= 0.6 is 11.3 Å². The number of methoxy groups -OCH3 is 1. The van der Waals surface area contributed by atoms with E-state index in [2.05, 4.69) is 10.6 Å². The lowest BCUT2D eigenvalue weighted by Gasteiger charge is -2.35. The number of ether oxygens (including phenoxy) is 1. The number of amides is 3. The molecule has 3 rings (SSSR count). The van der Waals surface area contributed by atoms with Crippen molar-refractivity contribution in [2.75, 3.05) is 33.4 Å². The molecular formula is C23H29N3O4S. The fourth-order valence-electron chi connectivity index (χ4n) is 3.74. The molecule has 166 valence electrons. The number of benzene rings is 1. The van der Waals surface area contributed by atoms with E-state index in [0.29, 0.717) is 51.1 Å². The van der Waals surface area contributed by atoms with Crippen LogP contribution in [0.5, 0.6) is 0 Å². The molecule has 0 bridgehead atoms. The largest absolute Gasteiger partial charge is 0.385 e. The Kier molecular flexibility index (Phi) is 8.61. The molecule has 0 aliphatic carbocycles. The molecule has 1 fully saturated rings. The molecule has 1 unspecified atom stereocenters. The number of piperidine rings is 1. The maximum Gasteiger partial charge on any atom is 0.263 e. The van der Waals surface area contributed by atoms with Gasteiger partial charge in [-0.05, 0) is 48.8 Å². The standard InChI is InChI=1S/C23H29N3O4S/c1-30-15-6-12-24-22(28)20(25-21(27)18-7-3-2-4-8-18)17-10-13-26(14-11-17)23(29)19-9-5-16-31-19/h2-5,7-9,16-17,20H,6,10-15H2,1H3,(H,24,28)(H,25,27). The second-order valence-corrected chi connectivity index (χ2v) is 8.51. The molecule has 1 aliphatic rings. The number of hydrogen-bond acceptors (Lipinski definition) is 5. The highest BCUT2D eigenvalue weighted by molar-refractivity contribution is 7.12. The van der Waals surface area contributed by atoms with Crippen molar-refractivity contribution in [3.8, 4) is 0 Å². The third kappa shape index (κ3) is 6.38. The minimum Gasteiger partial charge on any atom is -0.385 e. The Morgan fingerprint density at radius 1 is 1.13 bits per heavy atom. The quantitative estimate of drug-likeness (QED) is 0.583. The predicted octanol–water partition coefficient (Wildman–Crippen LogP) is 2.55. The first kappa shape index (κ1) is 23.0. The van der Waals surface area contributed by atoms with Gasteiger partial charge < -0.3 is 20.3 Å². The Balaban J connectivity index is 1.63. The van der Waals surface area contributed by atoms with Crippen LogP contribution in [0.15, 0.2) is 47.8 Å². The molecule has 0 saturated carbocycles. The van der Waals surface area contributed by atoms with Crippen LogP contribution < -0.4 is 10.6 Å². The third-order valence-corrected chi connectivity index (χ3v) is 6.32. The van der Waals surface area contributed by atoms with Crippen LogP contribution in [0.25, 0.3) is 0 Å². The predicted molar refractivity (Wildman–Crippen MR) is 120 cm³/mol. The van der Waals surface area contributed by atoms with E-state index in [0.717, 1.165) is 4.88 Å². The summed E-state index contributed by atoms with van der Waals surface area (Å²) >= 11 is 1.43. The fraction of sp³-hybridized carbons (Fsp3) is 0.435. The van der Waals surface area contributed by atoms with Gasteiger partial charge in [-0.2, -0.15) is 0 Å². The molecule has 1 aromatic heterocycles. The van der Waals surface area contributed by atoms with E-state index in [1.807, 2.05) is 28.5 Å². The van der Waals surface area contributed by atoms with Gasteiger partial charge in [-0.15, -0.1) is 11.3 Å². The zero-order chi connectivity index (χ0) is 22.1. The van der Waals surface area contributed by atoms with Gasteiger partial charge >= 0.3 is 0 Å². The Morgan fingerprint density at radius 2 is 1.87 bits per heavy atom. The van der Waals surface area contributed by atoms with Gasteiger partial charge in [0.25, 0.3) is 11.8 Å². The van der Waals surface area contributed by atoms with Crippen molar-refractivity contribution in [3.63, 3.8) is 0 Å². The SMILES string of the molecule is COCCCNC(=O)C(NC(=O)c1ccccc1)C1CCN(C(=O)c2cccs2)CC1. The van der Waals surface area contributed by atoms with Crippen molar-refractivity contribution in [2.24, 2.45) is 5.92 Å². The maximum atomic E-state index is 12.9. The number of likely N-dealkylation sites (tertiary alicyclic amines) is 1. The summed E-state index contributed by atoms with van der Waals surface area (Å²) in [6, 6.07) is 11.9. The minimum atomic E-state index is -0.644. The molecule has 2 N–H and O–H groups in total. The number of rotatable bonds is 9. The van der Waals surface area contributed by atoms with Crippen molar-refractivity contribution < 1.29 is 19.1 Å². The van der Waals surface area contributed by atoms with E-state index in [1.165, 1.54) is 11.3 Å². The molecule has 1 atom stereocenters. The monoisotopic (exact) mass is 443 g/mol. The van der Waals surface area contributed by atoms with Crippen molar-refractivity contribution in [3.05, 3.63) is 58.3 Å². The normalized spacial score (nSPS) is 15.3. The molecule has 1 aromatic carbocycles. The summed E-state index contributed by atoms with van der Waals surface area (Å²) in [5, 5.41) is 7.74. The molecule has 1 aliphatic heterocycles. The Bertz CT molecular complexity index is 849. The first-order valence-electron chi connectivity index (χ1n) is 10.6. The molecule has 7 nitrogen and oxygen atoms in total. The molecular weight excluding hydrogens is 414 g/mol. The Morgan fingerprint density at radius 3 is 2.52 bits per heavy atom. The van der Waals surface area contributed by atoms with E-state index >= 15 is 0 Å². The average molecular weight is 444 g/mol. The lowest BCUT2D eigenvalue weighted by Crippen LogP contribution is -2.54. The molecule has 2 aromatic rings. The summed E-state index contributed by atoms with van der Waals surface area (Å²) in [5.41, 5.74) is 0.519. The van der Waals surface area contributed by atoms with E-state index in [1.54, 1.807) is 31.4 Å². The molecule has 31 heavy (non-hydrogen) atoms. The van der Waals surface area contributed by atoms with Gasteiger partial charge in [-0.1, -0.05) is 24.3 Å². The van der Waals surface area contributed by atoms with Crippen molar-refractivity contribution >= 4 is 29.1 Å². The summed E-state index contributed by atoms with van der Waals surface area (Å²) in [7, 11) is 1.62. The molecule has 3 amide bonds. The van der Waals surface area contributed by atoms with Gasteiger partial charge in [0.15, 0.2) is 0 Å². The highest BCUT2D eigenvalue weighted by Crippen LogP contribution is 2.24. The number of carbonyl (C=O) groups is 3. The lowest BCUT2D eigenvalue weighted by atomic mass is 9.88. The minimum absolute atomic E-state index is 0.0299. The van der Waals surface area contributed by atoms with Crippen LogP contribution in [0.3, 0.4) is 0 Å². The zero-order valence-corrected chi connectivity index (χ0v) is 18.5. The van der Waals surface area contributed by atoms with Crippen molar-refractivity contribution in [1.82, 2.24) is 15.5 Å². The molecule has 0 radical (unpaired) electrons. The van der Waals surface area contributed by atoms with Gasteiger partial charge in [-0.25, -0.2) is 0 Å². The summed E-state index contributed by atoms with van der Waals surface area (Å²) < 4.78 is 5.03. The first-order chi connectivity index (χ1) is 15.1. The number of carbonyl (C=O) groups excluding carboxylic acids is 3. The van der Waals surface area contributed by atoms with Crippen LogP contribution in [-0.4, -0.2) is 62.0 Å². The summed E-state index contributed by atoms with van der Waals surface area (Å²) in [5.74, 6) is -0.469. The van der Waals surface area contributed by atoms with E-state index in [4.69, 9.17) is 4.74 Å². The summed E-state index contributed by atoms with van der Waals surface area (Å²) in [6.45, 7) is 2.18. The second-order valence-electron chi connectivity index (χ2n) is 7.56. The van der Waals surface area contributed by atoms with Gasteiger partial charge in [0.2, 0.25) is 5.91 Å². The van der Waals surface area contributed by atoms with Crippen LogP contribution in [-0.2, 0) is 9.53 Å². The molecule has 1 saturated heterocycles. The van der Waals surface area contributed by atoms with E-state index in [-0.39, 0.29) is 23.6 Å². The molecule has 8 heteroatoms. The van der Waals surface area contributed by atoms with Crippen LogP contribution in [0.2, 0.25) is 0 Å². The number of nitrogens with zero attached hydrogens (tertiary/aromatic N) is 1.